The van der Waals surface area contributed by atoms with Crippen LogP contribution < -0.4 is 20.7 Å². The second-order valence-electron chi connectivity index (χ2n) is 7.31. The van der Waals surface area contributed by atoms with Gasteiger partial charge in [-0.1, -0.05) is 24.3 Å². The number of rotatable bonds is 6. The van der Waals surface area contributed by atoms with Gasteiger partial charge in [0, 0.05) is 30.4 Å². The van der Waals surface area contributed by atoms with Gasteiger partial charge in [0.1, 0.15) is 5.75 Å². The Kier molecular flexibility index (Phi) is 5.35. The zero-order valence-electron chi connectivity index (χ0n) is 17.3. The smallest absolute Gasteiger partial charge is 0.196 e. The van der Waals surface area contributed by atoms with E-state index >= 15 is 0 Å². The van der Waals surface area contributed by atoms with Crippen molar-refractivity contribution in [3.63, 3.8) is 0 Å². The lowest BCUT2D eigenvalue weighted by atomic mass is 9.81. The van der Waals surface area contributed by atoms with Crippen LogP contribution in [0.15, 0.2) is 54.6 Å². The Morgan fingerprint density at radius 3 is 2.19 bits per heavy atom. The fourth-order valence-corrected chi connectivity index (χ4v) is 3.82. The van der Waals surface area contributed by atoms with Crippen LogP contribution in [0.5, 0.6) is 5.75 Å². The summed E-state index contributed by atoms with van der Waals surface area (Å²) in [6.07, 6.45) is 0. The number of fused-ring (bicyclic) bond motifs is 2. The molecule has 4 N–H and O–H groups in total. The second kappa shape index (κ2) is 8.12. The van der Waals surface area contributed by atoms with Crippen molar-refractivity contribution in [3.05, 3.63) is 76.9 Å². The molecule has 0 aromatic heterocycles. The average Bonchev–Trinajstić information content (AvgIpc) is 2.79. The first-order valence-corrected chi connectivity index (χ1v) is 9.84. The van der Waals surface area contributed by atoms with Crippen molar-refractivity contribution in [3.8, 4) is 5.75 Å². The minimum atomic E-state index is -0.292. The van der Waals surface area contributed by atoms with E-state index in [1.54, 1.807) is 61.5 Å². The zero-order chi connectivity index (χ0) is 22.1. The van der Waals surface area contributed by atoms with E-state index in [-0.39, 0.29) is 35.0 Å². The minimum Gasteiger partial charge on any atom is -0.497 e. The van der Waals surface area contributed by atoms with Gasteiger partial charge in [0.15, 0.2) is 11.6 Å². The Morgan fingerprint density at radius 1 is 1.00 bits per heavy atom. The number of nitrogens with two attached hydrogens (primary N) is 1. The highest BCUT2D eigenvalue weighted by atomic mass is 16.5. The number of nitrogens with one attached hydrogen (secondary N) is 1. The lowest BCUT2D eigenvalue weighted by Crippen LogP contribution is -2.27. The quantitative estimate of drug-likeness (QED) is 0.414. The molecule has 0 unspecified atom stereocenters. The van der Waals surface area contributed by atoms with Crippen LogP contribution in [-0.2, 0) is 0 Å². The standard InChI is InChI=1S/C24H23N3O4/c1-27(11-12-28)19-13-18(26-14-7-9-15(31-2)10-8-14)20-21(22(19)25)24(30)17-6-4-3-5-16(17)23(20)29/h3-10,13,26,28H,11-12,25H2,1-2H3. The number of carbonyl (C=O) groups is 2. The predicted molar refractivity (Wildman–Crippen MR) is 121 cm³/mol. The van der Waals surface area contributed by atoms with Gasteiger partial charge in [-0.05, 0) is 30.3 Å². The fraction of sp³-hybridized carbons (Fsp3) is 0.167. The van der Waals surface area contributed by atoms with Crippen molar-refractivity contribution in [1.29, 1.82) is 0 Å². The van der Waals surface area contributed by atoms with Gasteiger partial charge in [-0.3, -0.25) is 9.59 Å². The largest absolute Gasteiger partial charge is 0.497 e. The number of ether oxygens (including phenoxy) is 1. The van der Waals surface area contributed by atoms with E-state index in [1.165, 1.54) is 0 Å². The Balaban J connectivity index is 1.91. The van der Waals surface area contributed by atoms with E-state index < -0.39 is 0 Å². The number of methoxy groups -OCH3 is 1. The zero-order valence-corrected chi connectivity index (χ0v) is 17.3. The number of aliphatic hydroxyl groups is 1. The molecule has 0 saturated heterocycles. The third-order valence-electron chi connectivity index (χ3n) is 5.43. The summed E-state index contributed by atoms with van der Waals surface area (Å²) in [4.78, 5) is 28.5. The fourth-order valence-electron chi connectivity index (χ4n) is 3.82. The summed E-state index contributed by atoms with van der Waals surface area (Å²) in [6, 6.07) is 15.7. The first-order chi connectivity index (χ1) is 15.0. The average molecular weight is 417 g/mol. The topological polar surface area (TPSA) is 105 Å². The lowest BCUT2D eigenvalue weighted by molar-refractivity contribution is 0.0980. The number of benzene rings is 3. The van der Waals surface area contributed by atoms with Crippen molar-refractivity contribution < 1.29 is 19.4 Å². The van der Waals surface area contributed by atoms with Crippen LogP contribution in [0.3, 0.4) is 0 Å². The molecule has 1 aliphatic rings. The molecule has 3 aromatic rings. The van der Waals surface area contributed by atoms with Gasteiger partial charge in [0.05, 0.1) is 41.9 Å². The first-order valence-electron chi connectivity index (χ1n) is 9.84. The molecule has 0 bridgehead atoms. The SMILES string of the molecule is COc1ccc(Nc2cc(N(C)CCO)c(N)c3c2C(=O)c2ccccc2C3=O)cc1. The Morgan fingerprint density at radius 2 is 1.61 bits per heavy atom. The van der Waals surface area contributed by atoms with E-state index in [0.29, 0.717) is 34.8 Å². The van der Waals surface area contributed by atoms with Crippen LogP contribution in [0.1, 0.15) is 31.8 Å². The Labute approximate surface area is 180 Å². The highest BCUT2D eigenvalue weighted by molar-refractivity contribution is 6.32. The number of nitrogen functional groups attached to an aromatic ring is 1. The Bertz CT molecular complexity index is 1170. The van der Waals surface area contributed by atoms with Gasteiger partial charge in [-0.15, -0.1) is 0 Å². The van der Waals surface area contributed by atoms with Crippen LogP contribution in [-0.4, -0.2) is 44.0 Å². The second-order valence-corrected chi connectivity index (χ2v) is 7.31. The van der Waals surface area contributed by atoms with Crippen molar-refractivity contribution in [2.45, 2.75) is 0 Å². The molecule has 0 spiro atoms. The molecule has 0 aliphatic heterocycles. The summed E-state index contributed by atoms with van der Waals surface area (Å²) < 4.78 is 5.20. The molecule has 0 heterocycles. The summed E-state index contributed by atoms with van der Waals surface area (Å²) in [5, 5.41) is 12.6. The molecule has 158 valence electrons. The first kappa shape index (κ1) is 20.4. The third kappa shape index (κ3) is 3.49. The highest BCUT2D eigenvalue weighted by Crippen LogP contribution is 2.41. The molecule has 0 amide bonds. The van der Waals surface area contributed by atoms with Gasteiger partial charge in [-0.2, -0.15) is 0 Å². The summed E-state index contributed by atoms with van der Waals surface area (Å²) >= 11 is 0. The van der Waals surface area contributed by atoms with Crippen LogP contribution in [0.25, 0.3) is 0 Å². The monoisotopic (exact) mass is 417 g/mol. The molecule has 1 aliphatic carbocycles. The molecular weight excluding hydrogens is 394 g/mol. The maximum Gasteiger partial charge on any atom is 0.196 e. The number of carbonyl (C=O) groups excluding carboxylic acids is 2. The van der Waals surface area contributed by atoms with Gasteiger partial charge in [0.25, 0.3) is 0 Å². The van der Waals surface area contributed by atoms with E-state index in [4.69, 9.17) is 10.5 Å². The van der Waals surface area contributed by atoms with Gasteiger partial charge in [-0.25, -0.2) is 0 Å². The maximum absolute atomic E-state index is 13.4. The van der Waals surface area contributed by atoms with Gasteiger partial charge < -0.3 is 25.8 Å². The van der Waals surface area contributed by atoms with E-state index in [1.807, 2.05) is 12.1 Å². The normalized spacial score (nSPS) is 12.2. The van der Waals surface area contributed by atoms with Crippen LogP contribution in [0.2, 0.25) is 0 Å². The third-order valence-corrected chi connectivity index (χ3v) is 5.43. The highest BCUT2D eigenvalue weighted by Gasteiger charge is 2.35. The van der Waals surface area contributed by atoms with Crippen molar-refractivity contribution in [2.75, 3.05) is 43.3 Å². The molecule has 7 nitrogen and oxygen atoms in total. The van der Waals surface area contributed by atoms with Crippen molar-refractivity contribution in [2.24, 2.45) is 0 Å². The van der Waals surface area contributed by atoms with E-state index in [0.717, 1.165) is 5.69 Å². The number of aliphatic hydroxyl groups excluding tert-OH is 1. The molecule has 4 rings (SSSR count). The van der Waals surface area contributed by atoms with Gasteiger partial charge in [0.2, 0.25) is 0 Å². The summed E-state index contributed by atoms with van der Waals surface area (Å²) in [5.41, 5.74) is 9.51. The minimum absolute atomic E-state index is 0.0794. The number of ketones is 2. The number of anilines is 4. The van der Waals surface area contributed by atoms with Crippen LogP contribution >= 0.6 is 0 Å². The van der Waals surface area contributed by atoms with Gasteiger partial charge >= 0.3 is 0 Å². The number of hydrogen-bond acceptors (Lipinski definition) is 7. The van der Waals surface area contributed by atoms with Crippen LogP contribution in [0.4, 0.5) is 22.7 Å². The van der Waals surface area contributed by atoms with Crippen LogP contribution in [0, 0.1) is 0 Å². The van der Waals surface area contributed by atoms with Crippen molar-refractivity contribution in [1.82, 2.24) is 0 Å². The molecule has 0 radical (unpaired) electrons. The summed E-state index contributed by atoms with van der Waals surface area (Å²) in [5.74, 6) is 0.150. The predicted octanol–water partition coefficient (Wildman–Crippen LogP) is 3.22. The summed E-state index contributed by atoms with van der Waals surface area (Å²) in [6.45, 7) is 0.244. The number of nitrogens with zero attached hydrogens (tertiary/aromatic N) is 1. The molecule has 3 aromatic carbocycles. The van der Waals surface area contributed by atoms with Crippen molar-refractivity contribution >= 4 is 34.3 Å². The molecular formula is C24H23N3O4. The Hall–Kier alpha value is -3.84. The molecule has 31 heavy (non-hydrogen) atoms. The number of hydrogen-bond donors (Lipinski definition) is 3. The molecule has 0 atom stereocenters. The van der Waals surface area contributed by atoms with E-state index in [2.05, 4.69) is 5.32 Å². The van der Waals surface area contributed by atoms with E-state index in [9.17, 15) is 14.7 Å². The molecule has 0 saturated carbocycles. The number of likely N-dealkylation sites (N-methyl/N-ethyl adjacent to an activating group) is 1. The lowest BCUT2D eigenvalue weighted by Gasteiger charge is -2.27. The molecule has 0 fully saturated rings. The summed E-state index contributed by atoms with van der Waals surface area (Å²) in [7, 11) is 3.36. The maximum atomic E-state index is 13.4. The molecule has 7 heteroatoms.